The van der Waals surface area contributed by atoms with Gasteiger partial charge >= 0.3 is 0 Å². The molecule has 0 spiro atoms. The number of para-hydroxylation sites is 6. The van der Waals surface area contributed by atoms with Crippen LogP contribution in [0.1, 0.15) is 99.9 Å². The standard InChI is InChI=1S/C72H56N2O2/c1-69(2)51-25-11-13-27-59(51)73-60-28-14-12-26-52(60)70(3,4)56-38-43(37-55(69)65(56)73)44-39-57-66-58(40-44)72(7,8)54-36-42(46-22-18-24-50-48-20-10-16-30-64(48)76-68(46)50)32-34-62(54)74(66)61-33-31-41(35-53(61)71(57,5)6)45-21-17-23-49-47-19-9-15-29-63(47)75-67(45)49/h9-40H,1-8H3. The summed E-state index contributed by atoms with van der Waals surface area (Å²) >= 11 is 0. The van der Waals surface area contributed by atoms with E-state index in [-0.39, 0.29) is 10.8 Å². The van der Waals surface area contributed by atoms with E-state index in [1.54, 1.807) is 0 Å². The summed E-state index contributed by atoms with van der Waals surface area (Å²) in [6.45, 7) is 19.5. The largest absolute Gasteiger partial charge is 0.455 e. The van der Waals surface area contributed by atoms with Gasteiger partial charge in [0.15, 0.2) is 0 Å². The Morgan fingerprint density at radius 3 is 1.03 bits per heavy atom. The number of rotatable bonds is 3. The maximum absolute atomic E-state index is 6.70. The zero-order chi connectivity index (χ0) is 51.4. The fourth-order valence-electron chi connectivity index (χ4n) is 14.5. The maximum Gasteiger partial charge on any atom is 0.143 e. The van der Waals surface area contributed by atoms with Crippen LogP contribution in [0.4, 0.5) is 34.1 Å². The van der Waals surface area contributed by atoms with Crippen LogP contribution >= 0.6 is 0 Å². The number of nitrogens with zero attached hydrogens (tertiary/aromatic N) is 2. The molecule has 4 aliphatic rings. The van der Waals surface area contributed by atoms with Crippen LogP contribution in [0.3, 0.4) is 0 Å². The summed E-state index contributed by atoms with van der Waals surface area (Å²) < 4.78 is 13.4. The zero-order valence-electron chi connectivity index (χ0n) is 44.2. The number of fused-ring (bicyclic) bond motifs is 14. The van der Waals surface area contributed by atoms with E-state index in [4.69, 9.17) is 8.83 Å². The molecule has 0 atom stereocenters. The first-order chi connectivity index (χ1) is 36.7. The zero-order valence-corrected chi connectivity index (χ0v) is 44.2. The first-order valence-electron chi connectivity index (χ1n) is 27.0. The van der Waals surface area contributed by atoms with Crippen LogP contribution < -0.4 is 9.80 Å². The van der Waals surface area contributed by atoms with Crippen molar-refractivity contribution < 1.29 is 8.83 Å². The van der Waals surface area contributed by atoms with Gasteiger partial charge in [-0.2, -0.15) is 0 Å². The topological polar surface area (TPSA) is 32.8 Å². The molecular weight excluding hydrogens is 925 g/mol. The van der Waals surface area contributed by atoms with Crippen molar-refractivity contribution in [3.05, 3.63) is 239 Å². The Labute approximate surface area is 443 Å². The molecule has 0 radical (unpaired) electrons. The van der Waals surface area contributed by atoms with Gasteiger partial charge in [0.1, 0.15) is 22.3 Å². The highest BCUT2D eigenvalue weighted by molar-refractivity contribution is 6.11. The fraction of sp³-hybridized carbons (Fsp3) is 0.167. The molecule has 0 amide bonds. The summed E-state index contributed by atoms with van der Waals surface area (Å²) in [5, 5.41) is 4.55. The van der Waals surface area contributed by atoms with Crippen molar-refractivity contribution in [2.24, 2.45) is 0 Å². The average Bonchev–Trinajstić information content (AvgIpc) is 4.13. The molecule has 16 rings (SSSR count). The number of anilines is 6. The van der Waals surface area contributed by atoms with E-state index in [0.717, 1.165) is 66.1 Å². The molecule has 10 aromatic carbocycles. The highest BCUT2D eigenvalue weighted by Crippen LogP contribution is 2.64. The van der Waals surface area contributed by atoms with Crippen molar-refractivity contribution >= 4 is 78.0 Å². The molecule has 4 nitrogen and oxygen atoms in total. The minimum absolute atomic E-state index is 0.260. The van der Waals surface area contributed by atoms with E-state index >= 15 is 0 Å². The first-order valence-corrected chi connectivity index (χ1v) is 27.0. The highest BCUT2D eigenvalue weighted by Gasteiger charge is 2.48. The van der Waals surface area contributed by atoms with Crippen LogP contribution in [0.15, 0.2) is 203 Å². The van der Waals surface area contributed by atoms with E-state index in [2.05, 4.69) is 259 Å². The van der Waals surface area contributed by atoms with Crippen molar-refractivity contribution in [2.45, 2.75) is 77.0 Å². The average molecular weight is 981 g/mol. The van der Waals surface area contributed by atoms with Gasteiger partial charge in [0.05, 0.1) is 34.1 Å². The van der Waals surface area contributed by atoms with Gasteiger partial charge in [0, 0.05) is 54.3 Å². The lowest BCUT2D eigenvalue weighted by molar-refractivity contribution is 0.596. The molecule has 0 fully saturated rings. The Morgan fingerprint density at radius 2 is 0.605 bits per heavy atom. The molecule has 0 saturated carbocycles. The van der Waals surface area contributed by atoms with E-state index in [0.29, 0.717) is 0 Å². The molecule has 76 heavy (non-hydrogen) atoms. The Hall–Kier alpha value is -8.60. The van der Waals surface area contributed by atoms with E-state index < -0.39 is 10.8 Å². The van der Waals surface area contributed by atoms with Gasteiger partial charge in [0.2, 0.25) is 0 Å². The summed E-state index contributed by atoms with van der Waals surface area (Å²) in [5.41, 5.74) is 27.5. The third-order valence-electron chi connectivity index (χ3n) is 18.6. The Kier molecular flexibility index (Phi) is 8.42. The normalized spacial score (nSPS) is 16.5. The maximum atomic E-state index is 6.70. The smallest absolute Gasteiger partial charge is 0.143 e. The summed E-state index contributed by atoms with van der Waals surface area (Å²) in [4.78, 5) is 5.17. The highest BCUT2D eigenvalue weighted by atomic mass is 16.3. The van der Waals surface area contributed by atoms with Gasteiger partial charge < -0.3 is 18.6 Å². The lowest BCUT2D eigenvalue weighted by Crippen LogP contribution is -2.38. The van der Waals surface area contributed by atoms with Gasteiger partial charge in [-0.15, -0.1) is 0 Å². The fourth-order valence-corrected chi connectivity index (χ4v) is 14.5. The van der Waals surface area contributed by atoms with Gasteiger partial charge in [-0.05, 0) is 140 Å². The number of furan rings is 2. The van der Waals surface area contributed by atoms with Gasteiger partial charge in [0.25, 0.3) is 0 Å². The first kappa shape index (κ1) is 43.8. The van der Waals surface area contributed by atoms with Crippen molar-refractivity contribution in [3.63, 3.8) is 0 Å². The molecule has 0 saturated heterocycles. The lowest BCUT2D eigenvalue weighted by atomic mass is 9.64. The molecule has 0 aliphatic carbocycles. The van der Waals surface area contributed by atoms with E-state index in [9.17, 15) is 0 Å². The van der Waals surface area contributed by atoms with Gasteiger partial charge in [-0.1, -0.05) is 177 Å². The third kappa shape index (κ3) is 5.53. The lowest BCUT2D eigenvalue weighted by Gasteiger charge is -2.50. The second kappa shape index (κ2) is 14.6. The monoisotopic (exact) mass is 980 g/mol. The second-order valence-electron chi connectivity index (χ2n) is 24.1. The molecular formula is C72H56N2O2. The third-order valence-corrected chi connectivity index (χ3v) is 18.6. The number of hydrogen-bond acceptors (Lipinski definition) is 4. The Morgan fingerprint density at radius 1 is 0.276 bits per heavy atom. The van der Waals surface area contributed by atoms with E-state index in [1.807, 2.05) is 0 Å². The molecule has 2 aromatic heterocycles. The van der Waals surface area contributed by atoms with Crippen LogP contribution in [0.5, 0.6) is 0 Å². The second-order valence-corrected chi connectivity index (χ2v) is 24.1. The minimum Gasteiger partial charge on any atom is -0.455 e. The summed E-state index contributed by atoms with van der Waals surface area (Å²) in [6.07, 6.45) is 0. The minimum atomic E-state index is -0.399. The van der Waals surface area contributed by atoms with Crippen LogP contribution in [0.25, 0.3) is 77.3 Å². The molecule has 4 heteroatoms. The van der Waals surface area contributed by atoms with Crippen LogP contribution in [0, 0.1) is 0 Å². The van der Waals surface area contributed by atoms with Crippen molar-refractivity contribution in [3.8, 4) is 33.4 Å². The van der Waals surface area contributed by atoms with Crippen molar-refractivity contribution in [2.75, 3.05) is 9.80 Å². The summed E-state index contributed by atoms with van der Waals surface area (Å²) in [5.74, 6) is 0. The van der Waals surface area contributed by atoms with E-state index in [1.165, 1.54) is 89.8 Å². The molecule has 0 bridgehead atoms. The SMILES string of the molecule is CC1(C)c2ccccc2N2c3ccccc3C(C)(C)c3cc(-c4cc5c6c(c4)C(C)(C)c4cc(-c7cccc8c7oc7ccccc78)ccc4N6c4ccc(-c6cccc7c6oc6ccccc67)cc4C5(C)C)cc1c32. The Bertz CT molecular complexity index is 4280. The summed E-state index contributed by atoms with van der Waals surface area (Å²) in [7, 11) is 0. The van der Waals surface area contributed by atoms with Gasteiger partial charge in [-0.3, -0.25) is 0 Å². The number of hydrogen-bond donors (Lipinski definition) is 0. The van der Waals surface area contributed by atoms with Crippen molar-refractivity contribution in [1.29, 1.82) is 0 Å². The predicted molar refractivity (Wildman–Crippen MR) is 315 cm³/mol. The van der Waals surface area contributed by atoms with Gasteiger partial charge in [-0.25, -0.2) is 0 Å². The van der Waals surface area contributed by atoms with Crippen LogP contribution in [0.2, 0.25) is 0 Å². The van der Waals surface area contributed by atoms with Crippen LogP contribution in [-0.4, -0.2) is 0 Å². The van der Waals surface area contributed by atoms with Crippen molar-refractivity contribution in [1.82, 2.24) is 0 Å². The van der Waals surface area contributed by atoms with Crippen LogP contribution in [-0.2, 0) is 21.7 Å². The molecule has 0 unspecified atom stereocenters. The molecule has 0 N–H and O–H groups in total. The molecule has 4 aliphatic heterocycles. The molecule has 366 valence electrons. The Balaban J connectivity index is 0.955. The number of benzene rings is 10. The quantitative estimate of drug-likeness (QED) is 0.177. The molecule has 6 heterocycles. The predicted octanol–water partition coefficient (Wildman–Crippen LogP) is 20.0. The summed E-state index contributed by atoms with van der Waals surface area (Å²) in [6, 6.07) is 72.6. The molecule has 12 aromatic rings.